The quantitative estimate of drug-likeness (QED) is 0.348. The monoisotopic (exact) mass is 484 g/mol. The SMILES string of the molecule is Cc1ccc(OCc2c(C(=O)Nc3cnn(Cc4ccc(Cl)cc4Cl)c3)noc2C)c(C)c1. The molecule has 9 heteroatoms. The largest absolute Gasteiger partial charge is 0.488 e. The minimum Gasteiger partial charge on any atom is -0.488 e. The smallest absolute Gasteiger partial charge is 0.278 e. The Hall–Kier alpha value is -3.29. The topological polar surface area (TPSA) is 82.2 Å². The summed E-state index contributed by atoms with van der Waals surface area (Å²) in [6.07, 6.45) is 3.27. The number of hydrogen-bond donors (Lipinski definition) is 1. The molecule has 0 aliphatic carbocycles. The van der Waals surface area contributed by atoms with Gasteiger partial charge in [-0.05, 0) is 50.1 Å². The van der Waals surface area contributed by atoms with Crippen LogP contribution in [0.1, 0.15) is 38.5 Å². The second-order valence-electron chi connectivity index (χ2n) is 7.74. The summed E-state index contributed by atoms with van der Waals surface area (Å²) in [6, 6.07) is 11.2. The molecule has 4 rings (SSSR count). The number of nitrogens with one attached hydrogen (secondary N) is 1. The maximum Gasteiger partial charge on any atom is 0.278 e. The molecule has 0 radical (unpaired) electrons. The normalized spacial score (nSPS) is 10.9. The van der Waals surface area contributed by atoms with Crippen LogP contribution < -0.4 is 10.1 Å². The lowest BCUT2D eigenvalue weighted by Crippen LogP contribution is -2.15. The number of anilines is 1. The third-order valence-corrected chi connectivity index (χ3v) is 5.73. The van der Waals surface area contributed by atoms with Crippen molar-refractivity contribution in [2.75, 3.05) is 5.32 Å². The molecular formula is C24H22Cl2N4O3. The Morgan fingerprint density at radius 2 is 1.97 bits per heavy atom. The Kier molecular flexibility index (Phi) is 6.72. The zero-order valence-corrected chi connectivity index (χ0v) is 19.9. The molecule has 0 fully saturated rings. The van der Waals surface area contributed by atoms with Gasteiger partial charge in [0.1, 0.15) is 18.1 Å². The van der Waals surface area contributed by atoms with Gasteiger partial charge < -0.3 is 14.6 Å². The summed E-state index contributed by atoms with van der Waals surface area (Å²) < 4.78 is 12.9. The van der Waals surface area contributed by atoms with Crippen LogP contribution in [0.25, 0.3) is 0 Å². The summed E-state index contributed by atoms with van der Waals surface area (Å²) in [4.78, 5) is 12.9. The van der Waals surface area contributed by atoms with Crippen molar-refractivity contribution in [3.63, 3.8) is 0 Å². The van der Waals surface area contributed by atoms with Crippen LogP contribution in [0.4, 0.5) is 5.69 Å². The van der Waals surface area contributed by atoms with Crippen LogP contribution in [0.15, 0.2) is 53.3 Å². The number of carbonyl (C=O) groups excluding carboxylic acids is 1. The van der Waals surface area contributed by atoms with Crippen molar-refractivity contribution in [3.8, 4) is 5.75 Å². The zero-order valence-electron chi connectivity index (χ0n) is 18.4. The standard InChI is InChI=1S/C24H22Cl2N4O3/c1-14-4-7-22(15(2)8-14)32-13-20-16(3)33-29-23(20)24(31)28-19-10-27-30(12-19)11-17-5-6-18(25)9-21(17)26/h4-10,12H,11,13H2,1-3H3,(H,28,31). The van der Waals surface area contributed by atoms with E-state index in [1.807, 2.05) is 38.1 Å². The average Bonchev–Trinajstić information content (AvgIpc) is 3.35. The van der Waals surface area contributed by atoms with Gasteiger partial charge in [-0.1, -0.05) is 52.1 Å². The molecule has 0 bridgehead atoms. The molecule has 2 aromatic carbocycles. The van der Waals surface area contributed by atoms with E-state index in [2.05, 4.69) is 15.6 Å². The van der Waals surface area contributed by atoms with Gasteiger partial charge in [0, 0.05) is 16.2 Å². The highest BCUT2D eigenvalue weighted by atomic mass is 35.5. The summed E-state index contributed by atoms with van der Waals surface area (Å²) in [6.45, 7) is 6.35. The average molecular weight is 485 g/mol. The third-order valence-electron chi connectivity index (χ3n) is 5.14. The predicted molar refractivity (Wildman–Crippen MR) is 127 cm³/mol. The molecule has 170 valence electrons. The van der Waals surface area contributed by atoms with E-state index in [4.69, 9.17) is 32.5 Å². The molecule has 4 aromatic rings. The molecule has 0 atom stereocenters. The molecule has 0 aliphatic rings. The van der Waals surface area contributed by atoms with Gasteiger partial charge >= 0.3 is 0 Å². The first kappa shape index (κ1) is 22.9. The van der Waals surface area contributed by atoms with Gasteiger partial charge in [0.25, 0.3) is 5.91 Å². The number of ether oxygens (including phenoxy) is 1. The summed E-state index contributed by atoms with van der Waals surface area (Å²) in [5, 5.41) is 12.1. The number of benzene rings is 2. The Morgan fingerprint density at radius 3 is 2.73 bits per heavy atom. The number of hydrogen-bond acceptors (Lipinski definition) is 5. The number of halogens is 2. The van der Waals surface area contributed by atoms with Crippen molar-refractivity contribution in [3.05, 3.63) is 92.5 Å². The Labute approximate surface area is 201 Å². The minimum absolute atomic E-state index is 0.163. The van der Waals surface area contributed by atoms with E-state index in [1.54, 1.807) is 36.1 Å². The van der Waals surface area contributed by atoms with Crippen molar-refractivity contribution in [1.82, 2.24) is 14.9 Å². The number of aryl methyl sites for hydroxylation is 3. The highest BCUT2D eigenvalue weighted by Crippen LogP contribution is 2.24. The lowest BCUT2D eigenvalue weighted by molar-refractivity contribution is 0.101. The van der Waals surface area contributed by atoms with Gasteiger partial charge in [-0.25, -0.2) is 0 Å². The minimum atomic E-state index is -0.407. The van der Waals surface area contributed by atoms with Gasteiger partial charge in [-0.3, -0.25) is 9.48 Å². The molecule has 2 heterocycles. The van der Waals surface area contributed by atoms with Gasteiger partial charge in [-0.15, -0.1) is 0 Å². The van der Waals surface area contributed by atoms with Gasteiger partial charge in [0.15, 0.2) is 5.69 Å². The molecule has 0 unspecified atom stereocenters. The molecule has 0 aliphatic heterocycles. The second kappa shape index (κ2) is 9.68. The van der Waals surface area contributed by atoms with Crippen LogP contribution in [0, 0.1) is 20.8 Å². The summed E-state index contributed by atoms with van der Waals surface area (Å²) >= 11 is 12.2. The molecule has 0 spiro atoms. The number of rotatable bonds is 7. The number of nitrogens with zero attached hydrogens (tertiary/aromatic N) is 3. The van der Waals surface area contributed by atoms with E-state index in [0.717, 1.165) is 22.4 Å². The fourth-order valence-electron chi connectivity index (χ4n) is 3.38. The second-order valence-corrected chi connectivity index (χ2v) is 8.58. The van der Waals surface area contributed by atoms with Crippen LogP contribution in [-0.2, 0) is 13.2 Å². The first-order chi connectivity index (χ1) is 15.8. The predicted octanol–water partition coefficient (Wildman–Crippen LogP) is 5.98. The Morgan fingerprint density at radius 1 is 1.15 bits per heavy atom. The highest BCUT2D eigenvalue weighted by Gasteiger charge is 2.21. The van der Waals surface area contributed by atoms with Crippen LogP contribution >= 0.6 is 23.2 Å². The lowest BCUT2D eigenvalue weighted by Gasteiger charge is -2.10. The first-order valence-corrected chi connectivity index (χ1v) is 11.0. The molecule has 2 aromatic heterocycles. The van der Waals surface area contributed by atoms with E-state index < -0.39 is 5.91 Å². The van der Waals surface area contributed by atoms with Crippen LogP contribution in [-0.4, -0.2) is 20.8 Å². The van der Waals surface area contributed by atoms with Crippen molar-refractivity contribution in [2.24, 2.45) is 0 Å². The first-order valence-electron chi connectivity index (χ1n) is 10.2. The number of carbonyl (C=O) groups is 1. The molecule has 0 saturated carbocycles. The maximum absolute atomic E-state index is 12.9. The number of aromatic nitrogens is 3. The third kappa shape index (κ3) is 5.38. The van der Waals surface area contributed by atoms with E-state index in [0.29, 0.717) is 33.6 Å². The maximum atomic E-state index is 12.9. The van der Waals surface area contributed by atoms with E-state index in [1.165, 1.54) is 0 Å². The fourth-order valence-corrected chi connectivity index (χ4v) is 3.85. The highest BCUT2D eigenvalue weighted by molar-refractivity contribution is 6.35. The van der Waals surface area contributed by atoms with Gasteiger partial charge in [-0.2, -0.15) is 5.10 Å². The van der Waals surface area contributed by atoms with E-state index in [9.17, 15) is 4.79 Å². The summed E-state index contributed by atoms with van der Waals surface area (Å²) in [7, 11) is 0. The summed E-state index contributed by atoms with van der Waals surface area (Å²) in [5.74, 6) is 0.864. The van der Waals surface area contributed by atoms with Crippen molar-refractivity contribution in [1.29, 1.82) is 0 Å². The molecule has 33 heavy (non-hydrogen) atoms. The van der Waals surface area contributed by atoms with Gasteiger partial charge in [0.05, 0.1) is 24.0 Å². The summed E-state index contributed by atoms with van der Waals surface area (Å²) in [5.41, 5.74) is 4.31. The molecule has 1 amide bonds. The van der Waals surface area contributed by atoms with E-state index in [-0.39, 0.29) is 12.3 Å². The molecule has 1 N–H and O–H groups in total. The van der Waals surface area contributed by atoms with Crippen LogP contribution in [0.5, 0.6) is 5.75 Å². The molecule has 0 saturated heterocycles. The van der Waals surface area contributed by atoms with E-state index >= 15 is 0 Å². The molecule has 7 nitrogen and oxygen atoms in total. The van der Waals surface area contributed by atoms with Crippen LogP contribution in [0.2, 0.25) is 10.0 Å². The number of amides is 1. The Bertz CT molecular complexity index is 1310. The van der Waals surface area contributed by atoms with Crippen molar-refractivity contribution < 1.29 is 14.1 Å². The van der Waals surface area contributed by atoms with Crippen molar-refractivity contribution in [2.45, 2.75) is 33.9 Å². The molecular weight excluding hydrogens is 463 g/mol. The fraction of sp³-hybridized carbons (Fsp3) is 0.208. The zero-order chi connectivity index (χ0) is 23.5. The van der Waals surface area contributed by atoms with Gasteiger partial charge in [0.2, 0.25) is 0 Å². The van der Waals surface area contributed by atoms with Crippen LogP contribution in [0.3, 0.4) is 0 Å². The lowest BCUT2D eigenvalue weighted by atomic mass is 10.1. The Balaban J connectivity index is 1.44. The van der Waals surface area contributed by atoms with Crippen molar-refractivity contribution >= 4 is 34.8 Å².